The van der Waals surface area contributed by atoms with Crippen LogP contribution in [-0.4, -0.2) is 9.19 Å². The molecule has 0 saturated carbocycles. The third kappa shape index (κ3) is 2.99. The summed E-state index contributed by atoms with van der Waals surface area (Å²) in [7, 11) is -1.08. The quantitative estimate of drug-likeness (QED) is 0.829. The third-order valence-corrected chi connectivity index (χ3v) is 3.64. The molecule has 1 atom stereocenters. The van der Waals surface area contributed by atoms with Crippen molar-refractivity contribution in [3.8, 4) is 6.07 Å². The first-order valence-corrected chi connectivity index (χ1v) is 6.40. The minimum atomic E-state index is -1.08. The Morgan fingerprint density at radius 1 is 1.24 bits per heavy atom. The van der Waals surface area contributed by atoms with Crippen molar-refractivity contribution >= 4 is 10.8 Å². The van der Waals surface area contributed by atoms with Gasteiger partial charge in [-0.2, -0.15) is 5.26 Å². The molecule has 0 radical (unpaired) electrons. The average molecular weight is 242 g/mol. The van der Waals surface area contributed by atoms with E-state index >= 15 is 0 Å². The lowest BCUT2D eigenvalue weighted by atomic mass is 10.2. The van der Waals surface area contributed by atoms with E-state index in [1.807, 2.05) is 36.4 Å². The molecule has 0 aliphatic carbocycles. The second kappa shape index (κ2) is 5.37. The maximum Gasteiger partial charge on any atom is 0.140 e. The molecule has 0 fully saturated rings. The second-order valence-electron chi connectivity index (χ2n) is 3.46. The molecule has 0 aliphatic rings. The van der Waals surface area contributed by atoms with Gasteiger partial charge in [0, 0.05) is 11.1 Å². The summed E-state index contributed by atoms with van der Waals surface area (Å²) in [6.07, 6.45) is 1.57. The Morgan fingerprint density at radius 2 is 2.00 bits per heavy atom. The van der Waals surface area contributed by atoms with Crippen LogP contribution < -0.4 is 0 Å². The van der Waals surface area contributed by atoms with Gasteiger partial charge in [0.2, 0.25) is 0 Å². The molecule has 4 heteroatoms. The number of pyridine rings is 1. The van der Waals surface area contributed by atoms with Crippen LogP contribution in [0.1, 0.15) is 11.3 Å². The molecule has 0 N–H and O–H groups in total. The molecule has 2 aromatic rings. The van der Waals surface area contributed by atoms with Crippen LogP contribution in [0.5, 0.6) is 0 Å². The van der Waals surface area contributed by atoms with E-state index in [4.69, 9.17) is 5.26 Å². The summed E-state index contributed by atoms with van der Waals surface area (Å²) in [5, 5.41) is 8.72. The van der Waals surface area contributed by atoms with E-state index in [1.165, 1.54) is 0 Å². The van der Waals surface area contributed by atoms with Crippen molar-refractivity contribution < 1.29 is 4.21 Å². The Labute approximate surface area is 102 Å². The molecule has 0 amide bonds. The number of aromatic nitrogens is 1. The second-order valence-corrected chi connectivity index (χ2v) is 4.92. The van der Waals surface area contributed by atoms with E-state index < -0.39 is 10.8 Å². The van der Waals surface area contributed by atoms with Crippen molar-refractivity contribution in [2.45, 2.75) is 10.6 Å². The van der Waals surface area contributed by atoms with Gasteiger partial charge in [-0.3, -0.25) is 4.21 Å². The number of hydrogen-bond acceptors (Lipinski definition) is 3. The molecular weight excluding hydrogens is 232 g/mol. The Hall–Kier alpha value is -1.99. The van der Waals surface area contributed by atoms with Crippen LogP contribution in [0.25, 0.3) is 0 Å². The zero-order valence-electron chi connectivity index (χ0n) is 9.04. The van der Waals surface area contributed by atoms with Gasteiger partial charge in [-0.05, 0) is 29.8 Å². The highest BCUT2D eigenvalue weighted by Crippen LogP contribution is 2.12. The van der Waals surface area contributed by atoms with Gasteiger partial charge >= 0.3 is 0 Å². The number of rotatable bonds is 3. The lowest BCUT2D eigenvalue weighted by Gasteiger charge is -2.02. The fourth-order valence-corrected chi connectivity index (χ4v) is 2.54. The largest absolute Gasteiger partial charge is 0.254 e. The van der Waals surface area contributed by atoms with Gasteiger partial charge < -0.3 is 0 Å². The molecule has 17 heavy (non-hydrogen) atoms. The first-order chi connectivity index (χ1) is 8.29. The summed E-state index contributed by atoms with van der Waals surface area (Å²) < 4.78 is 12.0. The van der Waals surface area contributed by atoms with Crippen molar-refractivity contribution in [1.29, 1.82) is 5.26 Å². The fourth-order valence-electron chi connectivity index (χ4n) is 1.43. The van der Waals surface area contributed by atoms with Crippen molar-refractivity contribution in [3.05, 3.63) is 59.9 Å². The van der Waals surface area contributed by atoms with Crippen LogP contribution in [0.15, 0.2) is 53.6 Å². The standard InChI is InChI=1S/C13H10N2OS/c14-9-12-8-11(6-7-15-12)10-17(16)13-4-2-1-3-5-13/h1-8H,10H2. The predicted molar refractivity (Wildman–Crippen MR) is 65.5 cm³/mol. The molecule has 1 unspecified atom stereocenters. The average Bonchev–Trinajstić information content (AvgIpc) is 2.40. The summed E-state index contributed by atoms with van der Waals surface area (Å²) in [5.74, 6) is 0.404. The molecule has 2 rings (SSSR count). The molecule has 0 spiro atoms. The molecule has 1 aromatic heterocycles. The lowest BCUT2D eigenvalue weighted by molar-refractivity contribution is 0.682. The van der Waals surface area contributed by atoms with Gasteiger partial charge in [0.1, 0.15) is 11.8 Å². The van der Waals surface area contributed by atoms with Crippen molar-refractivity contribution in [3.63, 3.8) is 0 Å². The number of hydrogen-bond donors (Lipinski definition) is 0. The third-order valence-electron chi connectivity index (χ3n) is 2.24. The molecule has 1 heterocycles. The minimum absolute atomic E-state index is 0.354. The maximum absolute atomic E-state index is 12.0. The summed E-state index contributed by atoms with van der Waals surface area (Å²) in [6.45, 7) is 0. The zero-order chi connectivity index (χ0) is 12.1. The minimum Gasteiger partial charge on any atom is -0.254 e. The molecule has 3 nitrogen and oxygen atoms in total. The number of benzene rings is 1. The van der Waals surface area contributed by atoms with Gasteiger partial charge in [0.15, 0.2) is 0 Å². The lowest BCUT2D eigenvalue weighted by Crippen LogP contribution is -1.97. The SMILES string of the molecule is N#Cc1cc(CS(=O)c2ccccc2)ccn1. The highest BCUT2D eigenvalue weighted by molar-refractivity contribution is 7.84. The fraction of sp³-hybridized carbons (Fsp3) is 0.0769. The van der Waals surface area contributed by atoms with E-state index in [-0.39, 0.29) is 0 Å². The van der Waals surface area contributed by atoms with Gasteiger partial charge in [-0.15, -0.1) is 0 Å². The topological polar surface area (TPSA) is 53.8 Å². The van der Waals surface area contributed by atoms with Crippen LogP contribution in [0, 0.1) is 11.3 Å². The Morgan fingerprint density at radius 3 is 2.71 bits per heavy atom. The molecule has 84 valence electrons. The molecule has 0 bridgehead atoms. The normalized spacial score (nSPS) is 11.7. The van der Waals surface area contributed by atoms with Crippen LogP contribution in [0.4, 0.5) is 0 Å². The van der Waals surface area contributed by atoms with Crippen molar-refractivity contribution in [2.24, 2.45) is 0 Å². The summed E-state index contributed by atoms with van der Waals surface area (Å²) in [5.41, 5.74) is 1.21. The first kappa shape index (κ1) is 11.5. The molecule has 1 aromatic carbocycles. The van der Waals surface area contributed by atoms with E-state index in [0.717, 1.165) is 10.5 Å². The van der Waals surface area contributed by atoms with Gasteiger partial charge in [-0.25, -0.2) is 4.98 Å². The molecule has 0 aliphatic heterocycles. The van der Waals surface area contributed by atoms with Gasteiger partial charge in [0.25, 0.3) is 0 Å². The maximum atomic E-state index is 12.0. The van der Waals surface area contributed by atoms with E-state index in [9.17, 15) is 4.21 Å². The van der Waals surface area contributed by atoms with Crippen molar-refractivity contribution in [1.82, 2.24) is 4.98 Å². The Kier molecular flexibility index (Phi) is 3.63. The smallest absolute Gasteiger partial charge is 0.140 e. The summed E-state index contributed by atoms with van der Waals surface area (Å²) in [6, 6.07) is 14.7. The Balaban J connectivity index is 2.17. The molecular formula is C13H10N2OS. The Bertz CT molecular complexity index is 575. The van der Waals surface area contributed by atoms with E-state index in [1.54, 1.807) is 18.3 Å². The highest BCUT2D eigenvalue weighted by atomic mass is 32.2. The van der Waals surface area contributed by atoms with Crippen LogP contribution in [-0.2, 0) is 16.6 Å². The summed E-state index contributed by atoms with van der Waals surface area (Å²) in [4.78, 5) is 4.67. The van der Waals surface area contributed by atoms with Crippen LogP contribution >= 0.6 is 0 Å². The summed E-state index contributed by atoms with van der Waals surface area (Å²) >= 11 is 0. The molecule has 0 saturated heterocycles. The van der Waals surface area contributed by atoms with Crippen LogP contribution in [0.2, 0.25) is 0 Å². The number of nitriles is 1. The van der Waals surface area contributed by atoms with Crippen LogP contribution in [0.3, 0.4) is 0 Å². The van der Waals surface area contributed by atoms with Gasteiger partial charge in [0.05, 0.1) is 16.6 Å². The van der Waals surface area contributed by atoms with E-state index in [0.29, 0.717) is 11.4 Å². The predicted octanol–water partition coefficient (Wildman–Crippen LogP) is 2.26. The van der Waals surface area contributed by atoms with Gasteiger partial charge in [-0.1, -0.05) is 18.2 Å². The first-order valence-electron chi connectivity index (χ1n) is 5.08. The monoisotopic (exact) mass is 242 g/mol. The zero-order valence-corrected chi connectivity index (χ0v) is 9.85. The highest BCUT2D eigenvalue weighted by Gasteiger charge is 2.05. The van der Waals surface area contributed by atoms with Crippen molar-refractivity contribution in [2.75, 3.05) is 0 Å². The number of nitrogens with zero attached hydrogens (tertiary/aromatic N) is 2. The van der Waals surface area contributed by atoms with E-state index in [2.05, 4.69) is 4.98 Å².